The van der Waals surface area contributed by atoms with E-state index in [1.165, 1.54) is 25.1 Å². The number of nitrogens with one attached hydrogen (secondary N) is 1. The lowest BCUT2D eigenvalue weighted by atomic mass is 10.2. The van der Waals surface area contributed by atoms with Gasteiger partial charge in [0, 0.05) is 19.1 Å². The van der Waals surface area contributed by atoms with Gasteiger partial charge in [-0.3, -0.25) is 0 Å². The van der Waals surface area contributed by atoms with Crippen LogP contribution in [0.5, 0.6) is 0 Å². The second-order valence-electron chi connectivity index (χ2n) is 3.64. The minimum atomic E-state index is 0.677. The summed E-state index contributed by atoms with van der Waals surface area (Å²) in [6.07, 6.45) is 4.37. The zero-order chi connectivity index (χ0) is 8.67. The van der Waals surface area contributed by atoms with E-state index in [4.69, 9.17) is 0 Å². The number of nitrogens with zero attached hydrogens (tertiary/aromatic N) is 3. The summed E-state index contributed by atoms with van der Waals surface area (Å²) in [5.74, 6) is 0.945. The molecule has 1 saturated heterocycles. The van der Waals surface area contributed by atoms with E-state index in [9.17, 15) is 0 Å². The van der Waals surface area contributed by atoms with Crippen molar-refractivity contribution in [3.05, 3.63) is 12.3 Å². The average Bonchev–Trinajstić information content (AvgIpc) is 2.65. The third-order valence-electron chi connectivity index (χ3n) is 2.89. The summed E-state index contributed by atoms with van der Waals surface area (Å²) in [6, 6.07) is 2.73. The maximum Gasteiger partial charge on any atom is 0.172 e. The lowest BCUT2D eigenvalue weighted by Crippen LogP contribution is -2.39. The molecule has 3 rings (SSSR count). The molecule has 1 aromatic rings. The highest BCUT2D eigenvalue weighted by atomic mass is 15.3. The maximum absolute atomic E-state index is 4.08. The van der Waals surface area contributed by atoms with Crippen LogP contribution in [-0.2, 0) is 0 Å². The quantitative estimate of drug-likeness (QED) is 0.637. The Balaban J connectivity index is 2.06. The van der Waals surface area contributed by atoms with Gasteiger partial charge in [0.15, 0.2) is 5.82 Å². The topological polar surface area (TPSA) is 41.1 Å². The zero-order valence-corrected chi connectivity index (χ0v) is 7.40. The molecule has 1 aromatic heterocycles. The van der Waals surface area contributed by atoms with Gasteiger partial charge in [0.25, 0.3) is 0 Å². The Morgan fingerprint density at radius 3 is 3.54 bits per heavy atom. The van der Waals surface area contributed by atoms with E-state index in [1.807, 2.05) is 6.07 Å². The van der Waals surface area contributed by atoms with Gasteiger partial charge in [0.05, 0.1) is 11.9 Å². The summed E-state index contributed by atoms with van der Waals surface area (Å²) in [7, 11) is 0. The fourth-order valence-electron chi connectivity index (χ4n) is 2.26. The van der Waals surface area contributed by atoms with E-state index in [0.29, 0.717) is 6.04 Å². The Morgan fingerprint density at radius 1 is 1.54 bits per heavy atom. The highest BCUT2D eigenvalue weighted by molar-refractivity contribution is 5.68. The third-order valence-corrected chi connectivity index (χ3v) is 2.89. The molecule has 0 aromatic carbocycles. The second kappa shape index (κ2) is 2.58. The number of anilines is 2. The minimum Gasteiger partial charge on any atom is -0.365 e. The summed E-state index contributed by atoms with van der Waals surface area (Å²) < 4.78 is 0. The Morgan fingerprint density at radius 2 is 2.54 bits per heavy atom. The van der Waals surface area contributed by atoms with Crippen LogP contribution < -0.4 is 10.2 Å². The van der Waals surface area contributed by atoms with E-state index < -0.39 is 0 Å². The van der Waals surface area contributed by atoms with Crippen LogP contribution in [0.2, 0.25) is 0 Å². The van der Waals surface area contributed by atoms with Gasteiger partial charge in [-0.25, -0.2) is 0 Å². The first-order valence-electron chi connectivity index (χ1n) is 4.77. The van der Waals surface area contributed by atoms with Crippen molar-refractivity contribution >= 4 is 11.5 Å². The Hall–Kier alpha value is -1.32. The van der Waals surface area contributed by atoms with E-state index in [-0.39, 0.29) is 0 Å². The molecular formula is C9H12N4. The van der Waals surface area contributed by atoms with Crippen LogP contribution in [-0.4, -0.2) is 29.3 Å². The van der Waals surface area contributed by atoms with Crippen molar-refractivity contribution in [3.63, 3.8) is 0 Å². The molecule has 4 nitrogen and oxygen atoms in total. The van der Waals surface area contributed by atoms with E-state index in [1.54, 1.807) is 6.20 Å². The number of hydrogen-bond donors (Lipinski definition) is 1. The van der Waals surface area contributed by atoms with Crippen molar-refractivity contribution in [2.45, 2.75) is 18.9 Å². The molecule has 0 amide bonds. The molecule has 1 N–H and O–H groups in total. The molecule has 3 heterocycles. The molecule has 0 aliphatic carbocycles. The molecule has 1 atom stereocenters. The van der Waals surface area contributed by atoms with E-state index in [2.05, 4.69) is 20.4 Å². The fraction of sp³-hybridized carbons (Fsp3) is 0.556. The molecule has 1 unspecified atom stereocenters. The van der Waals surface area contributed by atoms with E-state index >= 15 is 0 Å². The van der Waals surface area contributed by atoms with Crippen LogP contribution >= 0.6 is 0 Å². The predicted molar refractivity (Wildman–Crippen MR) is 50.9 cm³/mol. The van der Waals surface area contributed by atoms with Gasteiger partial charge >= 0.3 is 0 Å². The Labute approximate surface area is 77.0 Å². The van der Waals surface area contributed by atoms with Crippen molar-refractivity contribution < 1.29 is 0 Å². The number of hydrogen-bond acceptors (Lipinski definition) is 4. The molecule has 1 fully saturated rings. The van der Waals surface area contributed by atoms with Crippen LogP contribution in [0.1, 0.15) is 12.8 Å². The van der Waals surface area contributed by atoms with Crippen molar-refractivity contribution in [1.29, 1.82) is 0 Å². The lowest BCUT2D eigenvalue weighted by Gasteiger charge is -2.32. The minimum absolute atomic E-state index is 0.677. The van der Waals surface area contributed by atoms with E-state index in [0.717, 1.165) is 12.4 Å². The summed E-state index contributed by atoms with van der Waals surface area (Å²) in [6.45, 7) is 2.19. The standard InChI is InChI=1S/C9H12N4/c1-2-7-6-10-9-8(13(7)5-1)3-4-11-12-9/h3-4,7H,1-2,5-6H2,(H,10,12). The van der Waals surface area contributed by atoms with Gasteiger partial charge in [-0.2, -0.15) is 5.10 Å². The fourth-order valence-corrected chi connectivity index (χ4v) is 2.26. The summed E-state index contributed by atoms with van der Waals surface area (Å²) >= 11 is 0. The third kappa shape index (κ3) is 0.978. The predicted octanol–water partition coefficient (Wildman–Crippen LogP) is 0.871. The van der Waals surface area contributed by atoms with Crippen molar-refractivity contribution in [2.75, 3.05) is 23.3 Å². The molecule has 0 saturated carbocycles. The van der Waals surface area contributed by atoms with Crippen LogP contribution in [0.3, 0.4) is 0 Å². The van der Waals surface area contributed by atoms with Crippen LogP contribution in [0.4, 0.5) is 11.5 Å². The molecular weight excluding hydrogens is 164 g/mol. The first kappa shape index (κ1) is 7.12. The Bertz CT molecular complexity index is 325. The summed E-state index contributed by atoms with van der Waals surface area (Å²) in [5, 5.41) is 11.3. The zero-order valence-electron chi connectivity index (χ0n) is 7.40. The molecule has 4 heteroatoms. The lowest BCUT2D eigenvalue weighted by molar-refractivity contribution is 0.675. The first-order chi connectivity index (χ1) is 6.45. The molecule has 68 valence electrons. The normalized spacial score (nSPS) is 24.9. The molecule has 0 bridgehead atoms. The molecule has 13 heavy (non-hydrogen) atoms. The highest BCUT2D eigenvalue weighted by Crippen LogP contribution is 2.33. The van der Waals surface area contributed by atoms with Gasteiger partial charge in [0.1, 0.15) is 0 Å². The SMILES string of the molecule is c1cc2c(nn1)NCC1CCCN21. The van der Waals surface area contributed by atoms with Crippen molar-refractivity contribution in [2.24, 2.45) is 0 Å². The van der Waals surface area contributed by atoms with Gasteiger partial charge in [-0.1, -0.05) is 0 Å². The van der Waals surface area contributed by atoms with Gasteiger partial charge in [-0.15, -0.1) is 5.10 Å². The monoisotopic (exact) mass is 176 g/mol. The van der Waals surface area contributed by atoms with Crippen LogP contribution in [0.15, 0.2) is 12.3 Å². The largest absolute Gasteiger partial charge is 0.365 e. The highest BCUT2D eigenvalue weighted by Gasteiger charge is 2.30. The number of rotatable bonds is 0. The average molecular weight is 176 g/mol. The maximum atomic E-state index is 4.08. The molecule has 0 radical (unpaired) electrons. The van der Waals surface area contributed by atoms with Crippen molar-refractivity contribution in [1.82, 2.24) is 10.2 Å². The Kier molecular flexibility index (Phi) is 1.41. The van der Waals surface area contributed by atoms with Gasteiger partial charge in [-0.05, 0) is 18.9 Å². The van der Waals surface area contributed by atoms with Crippen LogP contribution in [0, 0.1) is 0 Å². The second-order valence-corrected chi connectivity index (χ2v) is 3.64. The summed E-state index contributed by atoms with van der Waals surface area (Å²) in [4.78, 5) is 2.44. The number of aromatic nitrogens is 2. The van der Waals surface area contributed by atoms with Crippen molar-refractivity contribution in [3.8, 4) is 0 Å². The molecule has 2 aliphatic rings. The smallest absolute Gasteiger partial charge is 0.172 e. The van der Waals surface area contributed by atoms with Gasteiger partial charge < -0.3 is 10.2 Å². The first-order valence-corrected chi connectivity index (χ1v) is 4.77. The number of fused-ring (bicyclic) bond motifs is 3. The van der Waals surface area contributed by atoms with Crippen LogP contribution in [0.25, 0.3) is 0 Å². The molecule has 0 spiro atoms. The van der Waals surface area contributed by atoms with Gasteiger partial charge in [0.2, 0.25) is 0 Å². The molecule has 2 aliphatic heterocycles. The summed E-state index contributed by atoms with van der Waals surface area (Å²) in [5.41, 5.74) is 1.23.